The second-order valence-corrected chi connectivity index (χ2v) is 13.2. The van der Waals surface area contributed by atoms with E-state index in [2.05, 4.69) is 27.4 Å². The van der Waals surface area contributed by atoms with Gasteiger partial charge in [-0.25, -0.2) is 0 Å². The van der Waals surface area contributed by atoms with E-state index in [0.29, 0.717) is 18.7 Å². The van der Waals surface area contributed by atoms with Gasteiger partial charge >= 0.3 is 14.4 Å². The number of allylic oxidation sites excluding steroid dienone is 5. The number of ketones is 1. The van der Waals surface area contributed by atoms with Crippen molar-refractivity contribution in [3.8, 4) is 5.75 Å². The van der Waals surface area contributed by atoms with Crippen LogP contribution in [-0.2, 0) is 140 Å². The molecule has 3 fully saturated rings. The molecule has 2 aromatic carbocycles. The first-order valence-electron chi connectivity index (χ1n) is 17.7. The van der Waals surface area contributed by atoms with Gasteiger partial charge in [0.1, 0.15) is 5.75 Å². The third kappa shape index (κ3) is 26.6. The van der Waals surface area contributed by atoms with E-state index in [0.717, 1.165) is 36.0 Å². The second-order valence-electron chi connectivity index (χ2n) is 13.2. The van der Waals surface area contributed by atoms with Crippen LogP contribution in [0.4, 0.5) is 0 Å². The van der Waals surface area contributed by atoms with Crippen LogP contribution >= 0.6 is 0 Å². The molecule has 0 bridgehead atoms. The molecule has 0 unspecified atom stereocenters. The van der Waals surface area contributed by atoms with Crippen LogP contribution < -0.4 is 5.46 Å². The van der Waals surface area contributed by atoms with Gasteiger partial charge in [0.25, 0.3) is 0 Å². The minimum absolute atomic E-state index is 0. The normalized spacial score (nSPS) is 26.1. The number of carbonyl (C=O) groups is 1. The van der Waals surface area contributed by atoms with Crippen molar-refractivity contribution in [1.82, 2.24) is 0 Å². The largest absolute Gasteiger partial charge is 0.631 e. The second kappa shape index (κ2) is 33.7. The van der Waals surface area contributed by atoms with Crippen LogP contribution in [0.25, 0.3) is 0 Å². The van der Waals surface area contributed by atoms with Crippen LogP contribution in [-0.4, -0.2) is 110 Å². The Morgan fingerprint density at radius 3 is 1.31 bits per heavy atom. The Hall–Kier alpha value is 0.132. The molecule has 2 aromatic rings. The molecule has 3 saturated heterocycles. The summed E-state index contributed by atoms with van der Waals surface area (Å²) in [4.78, 5) is 10.4. The fourth-order valence-electron chi connectivity index (χ4n) is 5.40. The van der Waals surface area contributed by atoms with Gasteiger partial charge in [-0.2, -0.15) is 0 Å². The van der Waals surface area contributed by atoms with E-state index in [9.17, 15) is 4.79 Å². The predicted molar refractivity (Wildman–Crippen MR) is 212 cm³/mol. The molecule has 7 N–H and O–H groups in total. The Labute approximate surface area is 421 Å². The molecule has 6 rings (SSSR count). The van der Waals surface area contributed by atoms with Gasteiger partial charge in [0.15, 0.2) is 5.78 Å². The van der Waals surface area contributed by atoms with Crippen molar-refractivity contribution in [2.45, 2.75) is 116 Å². The molecule has 315 valence electrons. The van der Waals surface area contributed by atoms with Gasteiger partial charge in [-0.1, -0.05) is 62.6 Å². The number of phenolic OH excluding ortho intramolecular Hbond substituents is 1. The molecule has 3 heterocycles. The van der Waals surface area contributed by atoms with Crippen molar-refractivity contribution in [1.29, 1.82) is 0 Å². The number of rotatable bonds is 7. The maximum absolute atomic E-state index is 10.4. The van der Waals surface area contributed by atoms with Gasteiger partial charge in [0.2, 0.25) is 0 Å². The zero-order valence-corrected chi connectivity index (χ0v) is 41.5. The number of phenols is 1. The summed E-state index contributed by atoms with van der Waals surface area (Å²) in [5.74, 6) is 0.314. The average molecular weight is 1040 g/mol. The Morgan fingerprint density at radius 2 is 1.03 bits per heavy atom. The summed E-state index contributed by atoms with van der Waals surface area (Å²) in [6.07, 6.45) is 8.87. The molecule has 13 nitrogen and oxygen atoms in total. The molecule has 3 aliphatic heterocycles. The van der Waals surface area contributed by atoms with E-state index in [1.807, 2.05) is 45.0 Å². The first kappa shape index (κ1) is 62.4. The first-order valence-corrected chi connectivity index (χ1v) is 17.7. The van der Waals surface area contributed by atoms with E-state index in [1.54, 1.807) is 36.4 Å². The van der Waals surface area contributed by atoms with Crippen LogP contribution in [0, 0.1) is 20.8 Å². The van der Waals surface area contributed by atoms with Crippen molar-refractivity contribution in [3.05, 3.63) is 117 Å². The van der Waals surface area contributed by atoms with Gasteiger partial charge in [-0.3, -0.25) is 4.79 Å². The first-order chi connectivity index (χ1) is 25.4. The minimum Gasteiger partial charge on any atom is -0.508 e. The SMILES string of the molecule is C.C=C1C=CC(=O)C=C1.OB(O)O.[CH2-][C@H]1O[C@@H](C)C[C@H]1O.[CH2-][C@H]1O[C@@H](C)C[C@H]1OCc1ccc(B(O)O)cc1.[CH2-][C@H]1O[C@@H](C)C[C@H]1OCc1ccc(O)cc1.[Y].[Y].[Y]. The summed E-state index contributed by atoms with van der Waals surface area (Å²) >= 11 is 0. The standard InChI is InChI=1S/C13H18BO4.C13H17O3.C7H6O.C6H11O2.CH4.BH3O3.3Y/c1-9-7-13(10(2)18-9)17-8-11-3-5-12(6-4-11)14(15)16;1-9-7-13(10(2)16-9)15-8-11-3-5-12(14)6-4-11;1-6-2-4-7(8)5-3-6;1-4-3-6(7)5(2)8-4;;2-1(3)4;;;/h3-6,9-10,13,15-16H,2,7-8H2,1H3;3-6,9-10,13-14H,2,7-8H2,1H3;2-5H,1H2;4-7H,2-3H2,1H3;1H4;2-4H;;;/q2*-1;;-1;;;;;/t2*9-,10+,13+;;4-,5+,6+;;;;;/m00.0...../s1. The number of aliphatic hydroxyl groups is 1. The van der Waals surface area contributed by atoms with E-state index < -0.39 is 14.4 Å². The summed E-state index contributed by atoms with van der Waals surface area (Å²) in [5, 5.41) is 57.6. The molecule has 18 heteroatoms. The Balaban J connectivity index is -0.000000690. The Bertz CT molecular complexity index is 1400. The molecule has 0 amide bonds. The van der Waals surface area contributed by atoms with Crippen molar-refractivity contribution < 1.29 is 162 Å². The summed E-state index contributed by atoms with van der Waals surface area (Å²) in [6.45, 7) is 22.0. The quantitative estimate of drug-likeness (QED) is 0.158. The fourth-order valence-corrected chi connectivity index (χ4v) is 5.40. The average Bonchev–Trinajstić information content (AvgIpc) is 3.72. The molecule has 0 spiro atoms. The zero-order valence-electron chi connectivity index (χ0n) is 33.0. The number of aliphatic hydroxyl groups excluding tert-OH is 1. The molecule has 3 radical (unpaired) electrons. The van der Waals surface area contributed by atoms with E-state index in [-0.39, 0.29) is 172 Å². The molecule has 0 aromatic heterocycles. The predicted octanol–water partition coefficient (Wildman–Crippen LogP) is 2.73. The Kier molecular flexibility index (Phi) is 36.2. The summed E-state index contributed by atoms with van der Waals surface area (Å²) in [6, 6.07) is 14.0. The van der Waals surface area contributed by atoms with Crippen LogP contribution in [0.2, 0.25) is 0 Å². The van der Waals surface area contributed by atoms with Gasteiger partial charge in [-0.15, -0.1) is 0 Å². The van der Waals surface area contributed by atoms with Crippen LogP contribution in [0.15, 0.2) is 85.0 Å². The number of benzene rings is 2. The van der Waals surface area contributed by atoms with Crippen LogP contribution in [0.3, 0.4) is 0 Å². The summed E-state index contributed by atoms with van der Waals surface area (Å²) in [5.41, 5.74) is 3.40. The van der Waals surface area contributed by atoms with E-state index in [1.165, 1.54) is 12.2 Å². The number of hydrogen-bond acceptors (Lipinski definition) is 13. The summed E-state index contributed by atoms with van der Waals surface area (Å²) < 4.78 is 27.6. The third-order valence-corrected chi connectivity index (χ3v) is 8.25. The van der Waals surface area contributed by atoms with Gasteiger partial charge < -0.3 is 79.8 Å². The van der Waals surface area contributed by atoms with Gasteiger partial charge in [0, 0.05) is 98.1 Å². The summed E-state index contributed by atoms with van der Waals surface area (Å²) in [7, 11) is -3.59. The third-order valence-electron chi connectivity index (χ3n) is 8.25. The van der Waals surface area contributed by atoms with Crippen molar-refractivity contribution >= 4 is 25.7 Å². The molecule has 0 saturated carbocycles. The molecule has 9 atom stereocenters. The topological polar surface area (TPSA) is 205 Å². The maximum atomic E-state index is 10.4. The fraction of sp³-hybridized carbons (Fsp3) is 0.450. The van der Waals surface area contributed by atoms with Crippen molar-refractivity contribution in [3.63, 3.8) is 0 Å². The molecule has 4 aliphatic rings. The van der Waals surface area contributed by atoms with Crippen molar-refractivity contribution in [2.75, 3.05) is 0 Å². The number of aromatic hydroxyl groups is 1. The Morgan fingerprint density at radius 1 is 0.672 bits per heavy atom. The van der Waals surface area contributed by atoms with Gasteiger partial charge in [-0.05, 0) is 105 Å². The monoisotopic (exact) mass is 1040 g/mol. The number of hydrogen-bond donors (Lipinski definition) is 7. The minimum atomic E-state index is -2.17. The molecular formula is C40H59B2O13Y3-3. The smallest absolute Gasteiger partial charge is 0.508 e. The number of carbonyl (C=O) groups excluding carboxylic acids is 1. The zero-order chi connectivity index (χ0) is 40.4. The van der Waals surface area contributed by atoms with Gasteiger partial charge in [0.05, 0.1) is 49.8 Å². The molecule has 58 heavy (non-hydrogen) atoms. The van der Waals surface area contributed by atoms with Crippen LogP contribution in [0.1, 0.15) is 58.6 Å². The van der Waals surface area contributed by atoms with Crippen LogP contribution in [0.5, 0.6) is 5.75 Å². The number of ether oxygens (including phenoxy) is 5. The van der Waals surface area contributed by atoms with E-state index in [4.69, 9.17) is 59.0 Å². The van der Waals surface area contributed by atoms with E-state index >= 15 is 0 Å². The van der Waals surface area contributed by atoms with Crippen molar-refractivity contribution in [2.24, 2.45) is 0 Å². The maximum Gasteiger partial charge on any atom is 0.631 e. The molecular weight excluding hydrogens is 977 g/mol. The molecule has 1 aliphatic carbocycles.